The van der Waals surface area contributed by atoms with Gasteiger partial charge in [0.15, 0.2) is 6.61 Å². The summed E-state index contributed by atoms with van der Waals surface area (Å²) in [5.41, 5.74) is 1.87. The maximum absolute atomic E-state index is 13.6. The Balaban J connectivity index is 1.92. The number of amides is 2. The van der Waals surface area contributed by atoms with Crippen LogP contribution in [0.4, 0.5) is 0 Å². The van der Waals surface area contributed by atoms with Crippen LogP contribution in [0.25, 0.3) is 0 Å². The highest BCUT2D eigenvalue weighted by molar-refractivity contribution is 9.10. The predicted octanol–water partition coefficient (Wildman–Crippen LogP) is 6.04. The maximum Gasteiger partial charge on any atom is 0.261 e. The van der Waals surface area contributed by atoms with Crippen LogP contribution in [0, 0.1) is 0 Å². The van der Waals surface area contributed by atoms with E-state index in [4.69, 9.17) is 16.3 Å². The predicted molar refractivity (Wildman–Crippen MR) is 143 cm³/mol. The Morgan fingerprint density at radius 1 is 1.00 bits per heavy atom. The summed E-state index contributed by atoms with van der Waals surface area (Å²) in [4.78, 5) is 28.6. The second-order valence-corrected chi connectivity index (χ2v) is 9.72. The molecule has 184 valence electrons. The Labute approximate surface area is 220 Å². The molecule has 0 spiro atoms. The van der Waals surface area contributed by atoms with Crippen LogP contribution in [-0.4, -0.2) is 35.4 Å². The van der Waals surface area contributed by atoms with E-state index in [9.17, 15) is 9.59 Å². The number of halogens is 2. The van der Waals surface area contributed by atoms with Crippen molar-refractivity contribution in [2.45, 2.75) is 45.3 Å². The summed E-state index contributed by atoms with van der Waals surface area (Å²) in [6.07, 6.45) is 1.17. The van der Waals surface area contributed by atoms with E-state index >= 15 is 0 Å². The molecule has 0 radical (unpaired) electrons. The van der Waals surface area contributed by atoms with Gasteiger partial charge in [0.1, 0.15) is 11.8 Å². The topological polar surface area (TPSA) is 58.6 Å². The first-order chi connectivity index (χ1) is 16.9. The SMILES string of the molecule is CCC(C)NC(=O)C(Cc1ccccc1)N(Cc1cccc(Br)c1)C(=O)COc1ccccc1Cl. The summed E-state index contributed by atoms with van der Waals surface area (Å²) in [5.74, 6) is -0.0667. The standard InChI is InChI=1S/C28H30BrClN2O3/c1-3-20(2)31-28(34)25(17-21-10-5-4-6-11-21)32(18-22-12-9-13-23(29)16-22)27(33)19-35-26-15-8-7-14-24(26)30/h4-16,20,25H,3,17-19H2,1-2H3,(H,31,34). The van der Waals surface area contributed by atoms with Crippen molar-refractivity contribution in [3.63, 3.8) is 0 Å². The summed E-state index contributed by atoms with van der Waals surface area (Å²) in [5, 5.41) is 3.49. The molecule has 0 aromatic heterocycles. The van der Waals surface area contributed by atoms with Crippen molar-refractivity contribution in [2.75, 3.05) is 6.61 Å². The zero-order chi connectivity index (χ0) is 25.2. The molecule has 3 rings (SSSR count). The number of carbonyl (C=O) groups excluding carboxylic acids is 2. The van der Waals surface area contributed by atoms with Crippen LogP contribution >= 0.6 is 27.5 Å². The summed E-state index contributed by atoms with van der Waals surface area (Å²) in [6.45, 7) is 3.99. The van der Waals surface area contributed by atoms with E-state index in [-0.39, 0.29) is 31.0 Å². The Morgan fingerprint density at radius 2 is 1.69 bits per heavy atom. The van der Waals surface area contributed by atoms with Gasteiger partial charge in [-0.25, -0.2) is 0 Å². The quantitative estimate of drug-likeness (QED) is 0.313. The molecule has 2 amide bonds. The summed E-state index contributed by atoms with van der Waals surface area (Å²) in [7, 11) is 0. The summed E-state index contributed by atoms with van der Waals surface area (Å²) in [6, 6.07) is 23.7. The molecule has 5 nitrogen and oxygen atoms in total. The molecule has 0 saturated carbocycles. The first-order valence-corrected chi connectivity index (χ1v) is 12.8. The molecule has 35 heavy (non-hydrogen) atoms. The van der Waals surface area contributed by atoms with Crippen LogP contribution in [0.2, 0.25) is 5.02 Å². The average molecular weight is 558 g/mol. The summed E-state index contributed by atoms with van der Waals surface area (Å²) >= 11 is 9.71. The van der Waals surface area contributed by atoms with Crippen molar-refractivity contribution < 1.29 is 14.3 Å². The van der Waals surface area contributed by atoms with Gasteiger partial charge in [-0.1, -0.05) is 89.1 Å². The number of hydrogen-bond acceptors (Lipinski definition) is 3. The van der Waals surface area contributed by atoms with Crippen molar-refractivity contribution in [3.05, 3.63) is 99.5 Å². The largest absolute Gasteiger partial charge is 0.482 e. The minimum absolute atomic E-state index is 0.0111. The number of para-hydroxylation sites is 1. The third kappa shape index (κ3) is 8.11. The third-order valence-corrected chi connectivity index (χ3v) is 6.51. The minimum Gasteiger partial charge on any atom is -0.482 e. The number of benzene rings is 3. The molecule has 2 atom stereocenters. The lowest BCUT2D eigenvalue weighted by Gasteiger charge is -2.32. The average Bonchev–Trinajstić information content (AvgIpc) is 2.86. The fraction of sp³-hybridized carbons (Fsp3) is 0.286. The van der Waals surface area contributed by atoms with E-state index in [1.165, 1.54) is 0 Å². The Hall–Kier alpha value is -2.83. The molecule has 0 aliphatic rings. The van der Waals surface area contributed by atoms with Gasteiger partial charge in [0.2, 0.25) is 5.91 Å². The number of nitrogens with zero attached hydrogens (tertiary/aromatic N) is 1. The van der Waals surface area contributed by atoms with Crippen molar-refractivity contribution in [1.82, 2.24) is 10.2 Å². The zero-order valence-electron chi connectivity index (χ0n) is 19.9. The fourth-order valence-electron chi connectivity index (χ4n) is 3.61. The van der Waals surface area contributed by atoms with Crippen LogP contribution in [0.1, 0.15) is 31.4 Å². The molecule has 0 aliphatic heterocycles. The third-order valence-electron chi connectivity index (χ3n) is 5.70. The first kappa shape index (κ1) is 26.8. The van der Waals surface area contributed by atoms with Crippen LogP contribution in [-0.2, 0) is 22.6 Å². The normalized spacial score (nSPS) is 12.5. The second-order valence-electron chi connectivity index (χ2n) is 8.39. The van der Waals surface area contributed by atoms with Crippen molar-refractivity contribution in [2.24, 2.45) is 0 Å². The zero-order valence-corrected chi connectivity index (χ0v) is 22.3. The van der Waals surface area contributed by atoms with Gasteiger partial charge in [-0.2, -0.15) is 0 Å². The second kappa shape index (κ2) is 13.3. The monoisotopic (exact) mass is 556 g/mol. The number of carbonyl (C=O) groups is 2. The van der Waals surface area contributed by atoms with Gasteiger partial charge < -0.3 is 15.0 Å². The highest BCUT2D eigenvalue weighted by Crippen LogP contribution is 2.24. The lowest BCUT2D eigenvalue weighted by molar-refractivity contribution is -0.143. The van der Waals surface area contributed by atoms with Crippen LogP contribution < -0.4 is 10.1 Å². The van der Waals surface area contributed by atoms with Gasteiger partial charge in [0.25, 0.3) is 5.91 Å². The molecule has 3 aromatic carbocycles. The van der Waals surface area contributed by atoms with E-state index in [2.05, 4.69) is 21.2 Å². The lowest BCUT2D eigenvalue weighted by Crippen LogP contribution is -2.53. The summed E-state index contributed by atoms with van der Waals surface area (Å²) < 4.78 is 6.66. The Morgan fingerprint density at radius 3 is 2.37 bits per heavy atom. The lowest BCUT2D eigenvalue weighted by atomic mass is 10.0. The fourth-order valence-corrected chi connectivity index (χ4v) is 4.25. The minimum atomic E-state index is -0.715. The number of rotatable bonds is 11. The van der Waals surface area contributed by atoms with Gasteiger partial charge in [0.05, 0.1) is 5.02 Å². The van der Waals surface area contributed by atoms with Gasteiger partial charge in [0, 0.05) is 23.5 Å². The van der Waals surface area contributed by atoms with Crippen LogP contribution in [0.3, 0.4) is 0 Å². The number of nitrogens with one attached hydrogen (secondary N) is 1. The maximum atomic E-state index is 13.6. The van der Waals surface area contributed by atoms with E-state index in [0.717, 1.165) is 22.0 Å². The van der Waals surface area contributed by atoms with Crippen molar-refractivity contribution in [3.8, 4) is 5.75 Å². The van der Waals surface area contributed by atoms with E-state index in [1.807, 2.05) is 68.4 Å². The highest BCUT2D eigenvalue weighted by atomic mass is 79.9. The van der Waals surface area contributed by atoms with Gasteiger partial charge in [-0.3, -0.25) is 9.59 Å². The molecule has 0 heterocycles. The van der Waals surface area contributed by atoms with Gasteiger partial charge in [-0.05, 0) is 48.7 Å². The number of ether oxygens (including phenoxy) is 1. The molecule has 7 heteroatoms. The smallest absolute Gasteiger partial charge is 0.261 e. The molecule has 0 aliphatic carbocycles. The molecular weight excluding hydrogens is 528 g/mol. The molecule has 0 bridgehead atoms. The Kier molecular flexibility index (Phi) is 10.2. The first-order valence-electron chi connectivity index (χ1n) is 11.6. The molecular formula is C28H30BrClN2O3. The number of hydrogen-bond donors (Lipinski definition) is 1. The van der Waals surface area contributed by atoms with Crippen LogP contribution in [0.15, 0.2) is 83.3 Å². The van der Waals surface area contributed by atoms with Crippen LogP contribution in [0.5, 0.6) is 5.75 Å². The highest BCUT2D eigenvalue weighted by Gasteiger charge is 2.31. The molecule has 1 N–H and O–H groups in total. The van der Waals surface area contributed by atoms with E-state index < -0.39 is 6.04 Å². The van der Waals surface area contributed by atoms with Crippen molar-refractivity contribution in [1.29, 1.82) is 0 Å². The van der Waals surface area contributed by atoms with E-state index in [0.29, 0.717) is 17.2 Å². The van der Waals surface area contributed by atoms with Gasteiger partial charge >= 0.3 is 0 Å². The molecule has 0 fully saturated rings. The molecule has 0 saturated heterocycles. The Bertz CT molecular complexity index is 1130. The molecule has 3 aromatic rings. The van der Waals surface area contributed by atoms with E-state index in [1.54, 1.807) is 29.2 Å². The van der Waals surface area contributed by atoms with Gasteiger partial charge in [-0.15, -0.1) is 0 Å². The molecule has 2 unspecified atom stereocenters. The van der Waals surface area contributed by atoms with Crippen molar-refractivity contribution >= 4 is 39.3 Å².